The lowest BCUT2D eigenvalue weighted by atomic mass is 10.1. The summed E-state index contributed by atoms with van der Waals surface area (Å²) >= 11 is 0. The Morgan fingerprint density at radius 2 is 1.78 bits per heavy atom. The summed E-state index contributed by atoms with van der Waals surface area (Å²) < 4.78 is 1.80. The van der Waals surface area contributed by atoms with Crippen LogP contribution < -0.4 is 5.32 Å². The first-order chi connectivity index (χ1) is 11.3. The fourth-order valence-corrected chi connectivity index (χ4v) is 2.68. The van der Waals surface area contributed by atoms with E-state index in [1.165, 1.54) is 0 Å². The van der Waals surface area contributed by atoms with Crippen LogP contribution in [0.25, 0.3) is 16.3 Å². The molecule has 1 amide bonds. The highest BCUT2D eigenvalue weighted by molar-refractivity contribution is 5.98. The summed E-state index contributed by atoms with van der Waals surface area (Å²) in [7, 11) is 0. The Hall–Kier alpha value is -3.14. The molecule has 0 fully saturated rings. The van der Waals surface area contributed by atoms with E-state index in [0.717, 1.165) is 22.0 Å². The summed E-state index contributed by atoms with van der Waals surface area (Å²) in [5, 5.41) is 9.55. The fourth-order valence-electron chi connectivity index (χ4n) is 2.68. The first kappa shape index (κ1) is 13.5. The number of aromatic nitrogens is 2. The third kappa shape index (κ3) is 2.66. The zero-order valence-electron chi connectivity index (χ0n) is 12.4. The molecule has 0 atom stereocenters. The van der Waals surface area contributed by atoms with Crippen molar-refractivity contribution in [2.24, 2.45) is 0 Å². The summed E-state index contributed by atoms with van der Waals surface area (Å²) in [5.74, 6) is -0.0900. The molecule has 0 saturated carbocycles. The molecule has 4 nitrogen and oxygen atoms in total. The van der Waals surface area contributed by atoms with Gasteiger partial charge in [0.25, 0.3) is 5.91 Å². The maximum atomic E-state index is 12.3. The van der Waals surface area contributed by atoms with Gasteiger partial charge in [-0.2, -0.15) is 5.10 Å². The zero-order chi connectivity index (χ0) is 15.6. The highest BCUT2D eigenvalue weighted by Gasteiger charge is 2.07. The van der Waals surface area contributed by atoms with Gasteiger partial charge in [-0.15, -0.1) is 0 Å². The molecule has 4 aromatic rings. The highest BCUT2D eigenvalue weighted by atomic mass is 16.1. The molecule has 0 saturated heterocycles. The van der Waals surface area contributed by atoms with Crippen LogP contribution in [0.5, 0.6) is 0 Å². The van der Waals surface area contributed by atoms with Crippen molar-refractivity contribution in [1.29, 1.82) is 0 Å². The molecule has 0 aliphatic heterocycles. The molecule has 4 heteroatoms. The molecule has 2 heterocycles. The fraction of sp³-hybridized carbons (Fsp3) is 0.0526. The molecule has 23 heavy (non-hydrogen) atoms. The van der Waals surface area contributed by atoms with Crippen LogP contribution in [-0.2, 0) is 6.54 Å². The molecular formula is C19H15N3O. The van der Waals surface area contributed by atoms with Gasteiger partial charge in [-0.3, -0.25) is 4.79 Å². The first-order valence-electron chi connectivity index (χ1n) is 7.50. The summed E-state index contributed by atoms with van der Waals surface area (Å²) in [6.07, 6.45) is 1.89. The van der Waals surface area contributed by atoms with E-state index < -0.39 is 0 Å². The van der Waals surface area contributed by atoms with Gasteiger partial charge in [0.2, 0.25) is 0 Å². The van der Waals surface area contributed by atoms with Crippen molar-refractivity contribution in [1.82, 2.24) is 14.9 Å². The van der Waals surface area contributed by atoms with Crippen LogP contribution in [0.3, 0.4) is 0 Å². The lowest BCUT2D eigenvalue weighted by molar-refractivity contribution is 0.0950. The van der Waals surface area contributed by atoms with E-state index >= 15 is 0 Å². The summed E-state index contributed by atoms with van der Waals surface area (Å²) in [6.45, 7) is 0.410. The van der Waals surface area contributed by atoms with E-state index in [9.17, 15) is 4.79 Å². The summed E-state index contributed by atoms with van der Waals surface area (Å²) in [4.78, 5) is 12.3. The molecule has 0 aliphatic rings. The van der Waals surface area contributed by atoms with Crippen LogP contribution in [-0.4, -0.2) is 15.5 Å². The van der Waals surface area contributed by atoms with E-state index in [0.29, 0.717) is 12.1 Å². The van der Waals surface area contributed by atoms with Gasteiger partial charge in [-0.1, -0.05) is 36.4 Å². The van der Waals surface area contributed by atoms with Crippen LogP contribution in [0.1, 0.15) is 16.1 Å². The number of nitrogens with zero attached hydrogens (tertiary/aromatic N) is 2. The van der Waals surface area contributed by atoms with Crippen LogP contribution in [0.4, 0.5) is 0 Å². The minimum absolute atomic E-state index is 0.0900. The van der Waals surface area contributed by atoms with Crippen LogP contribution in [0.2, 0.25) is 0 Å². The number of carbonyl (C=O) groups is 1. The molecule has 0 radical (unpaired) electrons. The lowest BCUT2D eigenvalue weighted by Crippen LogP contribution is -2.22. The third-order valence-corrected chi connectivity index (χ3v) is 3.86. The molecule has 1 N–H and O–H groups in total. The number of rotatable bonds is 3. The minimum Gasteiger partial charge on any atom is -0.346 e. The number of benzene rings is 2. The number of hydrogen-bond acceptors (Lipinski definition) is 2. The van der Waals surface area contributed by atoms with Crippen LogP contribution in [0, 0.1) is 0 Å². The second-order valence-corrected chi connectivity index (χ2v) is 5.45. The van der Waals surface area contributed by atoms with E-state index in [2.05, 4.69) is 10.4 Å². The third-order valence-electron chi connectivity index (χ3n) is 3.86. The van der Waals surface area contributed by atoms with E-state index in [-0.39, 0.29) is 5.91 Å². The van der Waals surface area contributed by atoms with Gasteiger partial charge >= 0.3 is 0 Å². The van der Waals surface area contributed by atoms with Gasteiger partial charge in [-0.05, 0) is 41.1 Å². The number of nitrogens with one attached hydrogen (secondary N) is 1. The average Bonchev–Trinajstić information content (AvgIpc) is 3.02. The molecule has 4 rings (SSSR count). The first-order valence-corrected chi connectivity index (χ1v) is 7.50. The Bertz CT molecular complexity index is 971. The minimum atomic E-state index is -0.0900. The van der Waals surface area contributed by atoms with Crippen molar-refractivity contribution in [2.45, 2.75) is 6.54 Å². The zero-order valence-corrected chi connectivity index (χ0v) is 12.4. The molecule has 0 unspecified atom stereocenters. The van der Waals surface area contributed by atoms with Gasteiger partial charge in [0.1, 0.15) is 0 Å². The largest absolute Gasteiger partial charge is 0.346 e. The molecule has 2 aromatic carbocycles. The van der Waals surface area contributed by atoms with Gasteiger partial charge in [0, 0.05) is 11.8 Å². The standard InChI is InChI=1S/C19H15N3O/c23-19(16-9-8-14-5-1-2-6-15(14)11-16)20-13-17-12-18-7-3-4-10-22(18)21-17/h1-12H,13H2,(H,20,23). The smallest absolute Gasteiger partial charge is 0.251 e. The second kappa shape index (κ2) is 5.57. The van der Waals surface area contributed by atoms with Crippen molar-refractivity contribution in [3.8, 4) is 0 Å². The van der Waals surface area contributed by atoms with Crippen molar-refractivity contribution in [2.75, 3.05) is 0 Å². The Morgan fingerprint density at radius 1 is 0.957 bits per heavy atom. The molecule has 0 spiro atoms. The normalized spacial score (nSPS) is 11.0. The van der Waals surface area contributed by atoms with Crippen molar-refractivity contribution >= 4 is 22.2 Å². The SMILES string of the molecule is O=C(NCc1cc2ccccn2n1)c1ccc2ccccc2c1. The summed E-state index contributed by atoms with van der Waals surface area (Å²) in [5.41, 5.74) is 2.51. The van der Waals surface area contributed by atoms with Crippen molar-refractivity contribution in [3.63, 3.8) is 0 Å². The Balaban J connectivity index is 1.52. The van der Waals surface area contributed by atoms with Gasteiger partial charge < -0.3 is 5.32 Å². The van der Waals surface area contributed by atoms with Crippen molar-refractivity contribution in [3.05, 3.63) is 84.2 Å². The van der Waals surface area contributed by atoms with Crippen LogP contribution in [0.15, 0.2) is 72.9 Å². The van der Waals surface area contributed by atoms with Crippen molar-refractivity contribution < 1.29 is 4.79 Å². The molecule has 2 aromatic heterocycles. The molecule has 112 valence electrons. The monoisotopic (exact) mass is 301 g/mol. The molecule has 0 aliphatic carbocycles. The van der Waals surface area contributed by atoms with Crippen LogP contribution >= 0.6 is 0 Å². The Morgan fingerprint density at radius 3 is 2.65 bits per heavy atom. The van der Waals surface area contributed by atoms with Gasteiger partial charge in [0.05, 0.1) is 17.8 Å². The number of fused-ring (bicyclic) bond motifs is 2. The maximum absolute atomic E-state index is 12.3. The average molecular weight is 301 g/mol. The highest BCUT2D eigenvalue weighted by Crippen LogP contribution is 2.15. The molecule has 0 bridgehead atoms. The van der Waals surface area contributed by atoms with E-state index in [1.807, 2.05) is 72.9 Å². The lowest BCUT2D eigenvalue weighted by Gasteiger charge is -2.05. The predicted molar refractivity (Wildman–Crippen MR) is 90.3 cm³/mol. The Labute approximate surface area is 133 Å². The van der Waals surface area contributed by atoms with Gasteiger partial charge in [-0.25, -0.2) is 4.52 Å². The number of hydrogen-bond donors (Lipinski definition) is 1. The van der Waals surface area contributed by atoms with E-state index in [4.69, 9.17) is 0 Å². The number of pyridine rings is 1. The number of amides is 1. The van der Waals surface area contributed by atoms with E-state index in [1.54, 1.807) is 4.52 Å². The number of carbonyl (C=O) groups excluding carboxylic acids is 1. The predicted octanol–water partition coefficient (Wildman–Crippen LogP) is 3.42. The molecular weight excluding hydrogens is 286 g/mol. The second-order valence-electron chi connectivity index (χ2n) is 5.45. The quantitative estimate of drug-likeness (QED) is 0.630. The van der Waals surface area contributed by atoms with Gasteiger partial charge in [0.15, 0.2) is 0 Å². The summed E-state index contributed by atoms with van der Waals surface area (Å²) in [6, 6.07) is 21.6. The topological polar surface area (TPSA) is 46.4 Å². The maximum Gasteiger partial charge on any atom is 0.251 e. The Kier molecular flexibility index (Phi) is 3.27.